The van der Waals surface area contributed by atoms with Gasteiger partial charge in [0.15, 0.2) is 0 Å². The summed E-state index contributed by atoms with van der Waals surface area (Å²) in [6, 6.07) is 6.05. The lowest BCUT2D eigenvalue weighted by Gasteiger charge is -2.08. The molecule has 0 saturated carbocycles. The Kier molecular flexibility index (Phi) is 3.36. The van der Waals surface area contributed by atoms with E-state index in [1.165, 1.54) is 5.56 Å². The molecular weight excluding hydrogens is 288 g/mol. The number of alkyl halides is 1. The van der Waals surface area contributed by atoms with E-state index in [0.717, 1.165) is 27.4 Å². The second-order valence-corrected chi connectivity index (χ2v) is 4.67. The van der Waals surface area contributed by atoms with E-state index in [4.69, 9.17) is 11.6 Å². The first kappa shape index (κ1) is 11.7. The SMILES string of the molecule is Cc1ncn(-c2ccc(CBr)cc2Cl)c1C. The van der Waals surface area contributed by atoms with Crippen LogP contribution in [0.4, 0.5) is 0 Å². The maximum Gasteiger partial charge on any atom is 0.0997 e. The first-order valence-electron chi connectivity index (χ1n) is 4.99. The molecule has 1 aromatic heterocycles. The van der Waals surface area contributed by atoms with Crippen molar-refractivity contribution in [2.24, 2.45) is 0 Å². The predicted molar refractivity (Wildman–Crippen MR) is 70.7 cm³/mol. The Morgan fingerprint density at radius 2 is 2.12 bits per heavy atom. The monoisotopic (exact) mass is 298 g/mol. The Morgan fingerprint density at radius 1 is 1.38 bits per heavy atom. The van der Waals surface area contributed by atoms with Gasteiger partial charge in [0.2, 0.25) is 0 Å². The fraction of sp³-hybridized carbons (Fsp3) is 0.250. The van der Waals surface area contributed by atoms with Crippen LogP contribution in [0.2, 0.25) is 5.02 Å². The van der Waals surface area contributed by atoms with Gasteiger partial charge in [0.05, 0.1) is 22.7 Å². The highest BCUT2D eigenvalue weighted by Crippen LogP contribution is 2.24. The zero-order valence-corrected chi connectivity index (χ0v) is 11.5. The van der Waals surface area contributed by atoms with Gasteiger partial charge in [-0.2, -0.15) is 0 Å². The van der Waals surface area contributed by atoms with Crippen LogP contribution < -0.4 is 0 Å². The molecule has 4 heteroatoms. The van der Waals surface area contributed by atoms with Crippen LogP contribution in [-0.4, -0.2) is 9.55 Å². The summed E-state index contributed by atoms with van der Waals surface area (Å²) in [7, 11) is 0. The fourth-order valence-electron chi connectivity index (χ4n) is 1.57. The Bertz CT molecular complexity index is 520. The molecular formula is C12H12BrClN2. The largest absolute Gasteiger partial charge is 0.302 e. The molecule has 0 bridgehead atoms. The van der Waals surface area contributed by atoms with E-state index in [1.807, 2.05) is 30.5 Å². The van der Waals surface area contributed by atoms with Gasteiger partial charge in [-0.05, 0) is 31.5 Å². The van der Waals surface area contributed by atoms with Crippen molar-refractivity contribution < 1.29 is 0 Å². The normalized spacial score (nSPS) is 10.8. The minimum Gasteiger partial charge on any atom is -0.302 e. The van der Waals surface area contributed by atoms with Crippen molar-refractivity contribution in [3.63, 3.8) is 0 Å². The molecule has 2 rings (SSSR count). The van der Waals surface area contributed by atoms with Crippen LogP contribution in [0.1, 0.15) is 17.0 Å². The van der Waals surface area contributed by atoms with Crippen molar-refractivity contribution in [3.8, 4) is 5.69 Å². The zero-order valence-electron chi connectivity index (χ0n) is 9.17. The molecule has 0 spiro atoms. The van der Waals surface area contributed by atoms with Gasteiger partial charge >= 0.3 is 0 Å². The second-order valence-electron chi connectivity index (χ2n) is 3.70. The van der Waals surface area contributed by atoms with Gasteiger partial charge in [-0.1, -0.05) is 33.6 Å². The van der Waals surface area contributed by atoms with E-state index in [2.05, 4.69) is 27.0 Å². The van der Waals surface area contributed by atoms with Crippen LogP contribution in [0.3, 0.4) is 0 Å². The number of hydrogen-bond acceptors (Lipinski definition) is 1. The first-order chi connectivity index (χ1) is 7.63. The number of aromatic nitrogens is 2. The van der Waals surface area contributed by atoms with Crippen molar-refractivity contribution in [3.05, 3.63) is 46.5 Å². The molecule has 0 fully saturated rings. The van der Waals surface area contributed by atoms with E-state index in [-0.39, 0.29) is 0 Å². The standard InChI is InChI=1S/C12H12BrClN2/c1-8-9(2)16(7-15-8)12-4-3-10(6-13)5-11(12)14/h3-5,7H,6H2,1-2H3. The molecule has 1 aromatic carbocycles. The van der Waals surface area contributed by atoms with E-state index in [9.17, 15) is 0 Å². The maximum atomic E-state index is 6.25. The lowest BCUT2D eigenvalue weighted by Crippen LogP contribution is -1.96. The second kappa shape index (κ2) is 4.60. The Hall–Kier alpha value is -0.800. The van der Waals surface area contributed by atoms with Gasteiger partial charge in [-0.3, -0.25) is 0 Å². The highest BCUT2D eigenvalue weighted by atomic mass is 79.9. The average Bonchev–Trinajstić information content (AvgIpc) is 2.60. The number of hydrogen-bond donors (Lipinski definition) is 0. The van der Waals surface area contributed by atoms with Gasteiger partial charge in [0, 0.05) is 11.0 Å². The molecule has 2 nitrogen and oxygen atoms in total. The minimum absolute atomic E-state index is 0.748. The summed E-state index contributed by atoms with van der Waals surface area (Å²) in [6.45, 7) is 4.03. The third-order valence-electron chi connectivity index (χ3n) is 2.68. The summed E-state index contributed by atoms with van der Waals surface area (Å²) in [5, 5.41) is 1.56. The number of imidazole rings is 1. The van der Waals surface area contributed by atoms with Crippen LogP contribution in [0.5, 0.6) is 0 Å². The summed E-state index contributed by atoms with van der Waals surface area (Å²) in [5.74, 6) is 0. The van der Waals surface area contributed by atoms with Crippen LogP contribution >= 0.6 is 27.5 Å². The average molecular weight is 300 g/mol. The van der Waals surface area contributed by atoms with E-state index in [0.29, 0.717) is 0 Å². The van der Waals surface area contributed by atoms with E-state index < -0.39 is 0 Å². The molecule has 1 heterocycles. The fourth-order valence-corrected chi connectivity index (χ4v) is 2.21. The number of nitrogens with zero attached hydrogens (tertiary/aromatic N) is 2. The van der Waals surface area contributed by atoms with Crippen molar-refractivity contribution in [1.82, 2.24) is 9.55 Å². The smallest absolute Gasteiger partial charge is 0.0997 e. The van der Waals surface area contributed by atoms with Gasteiger partial charge in [-0.15, -0.1) is 0 Å². The third kappa shape index (κ3) is 2.02. The molecule has 0 aliphatic carbocycles. The summed E-state index contributed by atoms with van der Waals surface area (Å²) in [6.07, 6.45) is 1.81. The maximum absolute atomic E-state index is 6.25. The highest BCUT2D eigenvalue weighted by Gasteiger charge is 2.08. The van der Waals surface area contributed by atoms with Crippen molar-refractivity contribution in [2.75, 3.05) is 0 Å². The summed E-state index contributed by atoms with van der Waals surface area (Å²) in [4.78, 5) is 4.27. The third-order valence-corrected chi connectivity index (χ3v) is 3.63. The van der Waals surface area contributed by atoms with Gasteiger partial charge < -0.3 is 4.57 Å². The molecule has 0 atom stereocenters. The predicted octanol–water partition coefficient (Wildman–Crippen LogP) is 4.04. The summed E-state index contributed by atoms with van der Waals surface area (Å²) >= 11 is 9.67. The molecule has 0 saturated heterocycles. The number of rotatable bonds is 2. The number of aryl methyl sites for hydroxylation is 1. The van der Waals surface area contributed by atoms with Crippen molar-refractivity contribution >= 4 is 27.5 Å². The molecule has 16 heavy (non-hydrogen) atoms. The van der Waals surface area contributed by atoms with Gasteiger partial charge in [0.25, 0.3) is 0 Å². The molecule has 2 aromatic rings. The highest BCUT2D eigenvalue weighted by molar-refractivity contribution is 9.08. The number of halogens is 2. The molecule has 0 aliphatic heterocycles. The molecule has 0 N–H and O–H groups in total. The van der Waals surface area contributed by atoms with Crippen LogP contribution in [0, 0.1) is 13.8 Å². The van der Waals surface area contributed by atoms with Gasteiger partial charge in [-0.25, -0.2) is 4.98 Å². The first-order valence-corrected chi connectivity index (χ1v) is 6.48. The molecule has 0 unspecified atom stereocenters. The lowest BCUT2D eigenvalue weighted by atomic mass is 10.2. The molecule has 84 valence electrons. The van der Waals surface area contributed by atoms with Crippen LogP contribution in [0.25, 0.3) is 5.69 Å². The van der Waals surface area contributed by atoms with Crippen molar-refractivity contribution in [1.29, 1.82) is 0 Å². The Morgan fingerprint density at radius 3 is 2.62 bits per heavy atom. The Balaban J connectivity index is 2.52. The van der Waals surface area contributed by atoms with Crippen molar-refractivity contribution in [2.45, 2.75) is 19.2 Å². The molecule has 0 aliphatic rings. The topological polar surface area (TPSA) is 17.8 Å². The van der Waals surface area contributed by atoms with Gasteiger partial charge in [0.1, 0.15) is 0 Å². The van der Waals surface area contributed by atoms with Crippen LogP contribution in [-0.2, 0) is 5.33 Å². The van der Waals surface area contributed by atoms with Crippen LogP contribution in [0.15, 0.2) is 24.5 Å². The van der Waals surface area contributed by atoms with E-state index >= 15 is 0 Å². The zero-order chi connectivity index (χ0) is 11.7. The quantitative estimate of drug-likeness (QED) is 0.765. The van der Waals surface area contributed by atoms with E-state index in [1.54, 1.807) is 6.33 Å². The minimum atomic E-state index is 0.748. The molecule has 0 radical (unpaired) electrons. The summed E-state index contributed by atoms with van der Waals surface area (Å²) in [5.41, 5.74) is 4.29. The Labute approximate surface area is 108 Å². The molecule has 0 amide bonds. The summed E-state index contributed by atoms with van der Waals surface area (Å²) < 4.78 is 2.01. The number of benzene rings is 1. The lowest BCUT2D eigenvalue weighted by molar-refractivity contribution is 0.999.